The van der Waals surface area contributed by atoms with E-state index in [-0.39, 0.29) is 10.8 Å². The van der Waals surface area contributed by atoms with Crippen LogP contribution in [0.3, 0.4) is 0 Å². The summed E-state index contributed by atoms with van der Waals surface area (Å²) in [7, 11) is 0. The molecular formula is C118H92N6S3. The van der Waals surface area contributed by atoms with Crippen molar-refractivity contribution in [3.05, 3.63) is 361 Å². The van der Waals surface area contributed by atoms with Gasteiger partial charge in [0.25, 0.3) is 0 Å². The summed E-state index contributed by atoms with van der Waals surface area (Å²) < 4.78 is 7.95. The fourth-order valence-electron chi connectivity index (χ4n) is 18.8. The fraction of sp³-hybridized carbons (Fsp3) is 0.136. The predicted molar refractivity (Wildman–Crippen MR) is 550 cm³/mol. The molecular weight excluding hydrogens is 1600 g/mol. The van der Waals surface area contributed by atoms with E-state index in [1.54, 1.807) is 0 Å². The van der Waals surface area contributed by atoms with Gasteiger partial charge in [-0.2, -0.15) is 0 Å². The fourth-order valence-corrected chi connectivity index (χ4v) is 22.0. The van der Waals surface area contributed by atoms with Gasteiger partial charge in [-0.1, -0.05) is 305 Å². The van der Waals surface area contributed by atoms with E-state index in [1.165, 1.54) is 160 Å². The largest absolute Gasteiger partial charge is 0.252 e. The van der Waals surface area contributed by atoms with E-state index in [9.17, 15) is 0 Å². The Labute approximate surface area is 750 Å². The third kappa shape index (κ3) is 14.3. The lowest BCUT2D eigenvalue weighted by atomic mass is 9.83. The summed E-state index contributed by atoms with van der Waals surface area (Å²) in [4.78, 5) is 31.1. The van der Waals surface area contributed by atoms with Gasteiger partial charge in [0.05, 0.1) is 68.8 Å². The molecule has 0 atom stereocenters. The second kappa shape index (κ2) is 31.1. The molecule has 24 rings (SSSR count). The third-order valence-electron chi connectivity index (χ3n) is 25.9. The van der Waals surface area contributed by atoms with Gasteiger partial charge >= 0.3 is 0 Å². The minimum Gasteiger partial charge on any atom is -0.252 e. The molecule has 127 heavy (non-hydrogen) atoms. The molecule has 6 heterocycles. The molecule has 0 aliphatic rings. The summed E-state index contributed by atoms with van der Waals surface area (Å²) in [5.74, 6) is 0.915. The quantitative estimate of drug-likeness (QED) is 0.141. The average Bonchev–Trinajstić information content (AvgIpc) is 1.17. The Morgan fingerprint density at radius 2 is 0.488 bits per heavy atom. The number of nitrogens with zero attached hydrogens (tertiary/aromatic N) is 6. The molecule has 0 aliphatic carbocycles. The number of thiophene rings is 3. The van der Waals surface area contributed by atoms with E-state index < -0.39 is 0 Å². The van der Waals surface area contributed by atoms with E-state index in [2.05, 4.69) is 392 Å². The van der Waals surface area contributed by atoms with Crippen molar-refractivity contribution in [2.24, 2.45) is 0 Å². The Morgan fingerprint density at radius 1 is 0.213 bits per heavy atom. The third-order valence-corrected chi connectivity index (χ3v) is 29.3. The first-order chi connectivity index (χ1) is 61.6. The Balaban J connectivity index is 0.000000113. The molecule has 6 nitrogen and oxygen atoms in total. The van der Waals surface area contributed by atoms with Crippen molar-refractivity contribution in [3.63, 3.8) is 0 Å². The topological polar surface area (TPSA) is 77.3 Å². The maximum Gasteiger partial charge on any atom is 0.0979 e. The highest BCUT2D eigenvalue weighted by molar-refractivity contribution is 7.26. The van der Waals surface area contributed by atoms with Crippen LogP contribution in [0.1, 0.15) is 114 Å². The Hall–Kier alpha value is -13.8. The first-order valence-electron chi connectivity index (χ1n) is 44.1. The number of hydrogen-bond donors (Lipinski definition) is 0. The first kappa shape index (κ1) is 79.1. The summed E-state index contributed by atoms with van der Waals surface area (Å²) in [6, 6.07) is 113. The molecule has 0 unspecified atom stereocenters. The normalized spacial score (nSPS) is 12.2. The van der Waals surface area contributed by atoms with Crippen LogP contribution in [0.25, 0.3) is 225 Å². The van der Waals surface area contributed by atoms with Gasteiger partial charge in [0.1, 0.15) is 0 Å². The first-order valence-corrected chi connectivity index (χ1v) is 46.6. The van der Waals surface area contributed by atoms with Crippen LogP contribution in [-0.4, -0.2) is 29.9 Å². The molecule has 0 radical (unpaired) electrons. The van der Waals surface area contributed by atoms with Crippen LogP contribution in [0.4, 0.5) is 0 Å². The molecule has 0 fully saturated rings. The van der Waals surface area contributed by atoms with Crippen molar-refractivity contribution in [1.82, 2.24) is 29.9 Å². The van der Waals surface area contributed by atoms with E-state index >= 15 is 0 Å². The minimum absolute atomic E-state index is 0.0450. The van der Waals surface area contributed by atoms with Crippen LogP contribution < -0.4 is 0 Å². The van der Waals surface area contributed by atoms with Crippen molar-refractivity contribution >= 4 is 192 Å². The van der Waals surface area contributed by atoms with Crippen molar-refractivity contribution in [1.29, 1.82) is 0 Å². The Bertz CT molecular complexity index is 8670. The lowest BCUT2D eigenvalue weighted by Crippen LogP contribution is -2.11. The van der Waals surface area contributed by atoms with Gasteiger partial charge in [0.2, 0.25) is 0 Å². The lowest BCUT2D eigenvalue weighted by Gasteiger charge is -2.22. The van der Waals surface area contributed by atoms with Crippen LogP contribution in [0.15, 0.2) is 328 Å². The smallest absolute Gasteiger partial charge is 0.0979 e. The van der Waals surface area contributed by atoms with Gasteiger partial charge in [0, 0.05) is 110 Å². The molecule has 0 bridgehead atoms. The summed E-state index contributed by atoms with van der Waals surface area (Å²) in [5.41, 5.74) is 26.7. The van der Waals surface area contributed by atoms with Crippen molar-refractivity contribution in [2.75, 3.05) is 0 Å². The number of fused-ring (bicyclic) bond motifs is 27. The zero-order valence-corrected chi connectivity index (χ0v) is 75.7. The molecule has 0 saturated heterocycles. The van der Waals surface area contributed by atoms with Crippen LogP contribution in [0, 0.1) is 13.8 Å². The van der Waals surface area contributed by atoms with Gasteiger partial charge < -0.3 is 0 Å². The number of rotatable bonds is 8. The second-order valence-electron chi connectivity index (χ2n) is 37.1. The SMILES string of the molecule is CC(C)(C)c1ccc2c(c1)c1cc(C(C)(C)C)ccc1c1nc(-c3cccc(-c4ccc5sc6ccccc6c5c4)c3)cnc21.CC(C)c1ccc2c(c1)c1cc(C(C)C)ccc1c1nc(-c3cccc(-c4ccc5sc6ccccc6c5c4)c3)cnc21.Cc1ccc2c(c1)c1cc(C)ccc1c1nc(-c3cccc(-c4ccc5sc6ccccc6c5c4)c3)cnc21. The standard InChI is InChI=1S/C42H36N2S.C40H32N2S.C36H24N2S/c1-41(2,3)28-15-17-31-33(22-28)34-23-29(42(4,5)6)16-18-32(34)40-39(31)43-24-36(44-40)27-11-9-10-25(20-27)26-14-19-38-35(21-26)30-12-7-8-13-37(30)45-38;1-23(2)25-12-15-31-33(19-25)34-20-26(24(3)4)13-16-32(34)40-39(31)41-22-36(42-40)29-9-7-8-27(18-29)28-14-17-38-35(21-28)30-10-5-6-11-37(30)43-38;1-21-10-13-27-29(16-21)30-17-22(2)11-14-28(30)36-35(27)37-20-32(38-36)25-7-5-6-23(18-25)24-12-15-34-31(19-24)26-8-3-4-9-33(26)39-34/h7-24H,1-6H3;5-24H,1-4H3;3-20H,1-2H3. The van der Waals surface area contributed by atoms with Gasteiger partial charge in [0.15, 0.2) is 0 Å². The van der Waals surface area contributed by atoms with Crippen molar-refractivity contribution in [3.8, 4) is 67.2 Å². The van der Waals surface area contributed by atoms with Crippen LogP contribution in [-0.2, 0) is 10.8 Å². The maximum absolute atomic E-state index is 5.34. The van der Waals surface area contributed by atoms with Gasteiger partial charge in [-0.05, 0) is 209 Å². The number of benzene rings is 18. The molecule has 0 amide bonds. The summed E-state index contributed by atoms with van der Waals surface area (Å²) in [6.07, 6.45) is 5.82. The van der Waals surface area contributed by atoms with Crippen LogP contribution in [0.5, 0.6) is 0 Å². The summed E-state index contributed by atoms with van der Waals surface area (Å²) in [5, 5.41) is 22.3. The highest BCUT2D eigenvalue weighted by Gasteiger charge is 2.24. The zero-order valence-electron chi connectivity index (χ0n) is 73.2. The molecule has 612 valence electrons. The molecule has 0 saturated carbocycles. The number of hydrogen-bond acceptors (Lipinski definition) is 9. The van der Waals surface area contributed by atoms with E-state index in [0.29, 0.717) is 11.8 Å². The Kier molecular flexibility index (Phi) is 19.4. The Morgan fingerprint density at radius 3 is 0.819 bits per heavy atom. The summed E-state index contributed by atoms with van der Waals surface area (Å²) >= 11 is 5.56. The lowest BCUT2D eigenvalue weighted by molar-refractivity contribution is 0.590. The van der Waals surface area contributed by atoms with Crippen LogP contribution in [0.2, 0.25) is 0 Å². The molecule has 24 aromatic rings. The number of aromatic nitrogens is 6. The predicted octanol–water partition coefficient (Wildman–Crippen LogP) is 34.4. The maximum atomic E-state index is 5.34. The van der Waals surface area contributed by atoms with Crippen molar-refractivity contribution in [2.45, 2.75) is 106 Å². The molecule has 18 aromatic carbocycles. The van der Waals surface area contributed by atoms with Crippen LogP contribution >= 0.6 is 34.0 Å². The molecule has 9 heteroatoms. The minimum atomic E-state index is 0.0450. The second-order valence-corrected chi connectivity index (χ2v) is 40.3. The van der Waals surface area contributed by atoms with Gasteiger partial charge in [-0.3, -0.25) is 15.0 Å². The molecule has 0 spiro atoms. The monoisotopic (exact) mass is 1690 g/mol. The highest BCUT2D eigenvalue weighted by atomic mass is 32.1. The van der Waals surface area contributed by atoms with Crippen molar-refractivity contribution < 1.29 is 0 Å². The van der Waals surface area contributed by atoms with Gasteiger partial charge in [-0.25, -0.2) is 15.0 Å². The number of aryl methyl sites for hydroxylation is 2. The molecule has 0 aliphatic heterocycles. The highest BCUT2D eigenvalue weighted by Crippen LogP contribution is 2.46. The van der Waals surface area contributed by atoms with Gasteiger partial charge in [-0.15, -0.1) is 34.0 Å². The van der Waals surface area contributed by atoms with E-state index in [0.717, 1.165) is 99.2 Å². The molecule has 6 aromatic heterocycles. The zero-order chi connectivity index (χ0) is 86.4. The van der Waals surface area contributed by atoms with E-state index in [1.807, 2.05) is 52.6 Å². The molecule has 0 N–H and O–H groups in total. The van der Waals surface area contributed by atoms with E-state index in [4.69, 9.17) is 29.9 Å². The summed E-state index contributed by atoms with van der Waals surface area (Å²) in [6.45, 7) is 27.0. The average molecular weight is 1690 g/mol.